The molecule has 11 heteroatoms. The van der Waals surface area contributed by atoms with Crippen LogP contribution in [-0.2, 0) is 28.4 Å². The van der Waals surface area contributed by atoms with E-state index in [2.05, 4.69) is 9.88 Å². The lowest BCUT2D eigenvalue weighted by molar-refractivity contribution is -0.116. The number of aryl methyl sites for hydroxylation is 1. The van der Waals surface area contributed by atoms with Gasteiger partial charge in [0.1, 0.15) is 5.82 Å². The van der Waals surface area contributed by atoms with E-state index < -0.39 is 10.0 Å². The van der Waals surface area contributed by atoms with Crippen molar-refractivity contribution in [1.29, 1.82) is 0 Å². The molecule has 1 fully saturated rings. The molecule has 0 bridgehead atoms. The molecule has 1 aliphatic rings. The van der Waals surface area contributed by atoms with Crippen LogP contribution in [0.5, 0.6) is 0 Å². The predicted molar refractivity (Wildman–Crippen MR) is 136 cm³/mol. The van der Waals surface area contributed by atoms with Crippen LogP contribution in [0.2, 0.25) is 0 Å². The van der Waals surface area contributed by atoms with Crippen molar-refractivity contribution in [3.05, 3.63) is 45.8 Å². The number of sulfonamides is 1. The molecule has 0 radical (unpaired) electrons. The van der Waals surface area contributed by atoms with Gasteiger partial charge in [-0.1, -0.05) is 0 Å². The maximum Gasteiger partial charge on any atom is 0.259 e. The van der Waals surface area contributed by atoms with Crippen LogP contribution in [0.4, 0.5) is 5.82 Å². The van der Waals surface area contributed by atoms with E-state index in [-0.39, 0.29) is 17.5 Å². The highest BCUT2D eigenvalue weighted by Crippen LogP contribution is 2.35. The lowest BCUT2D eigenvalue weighted by atomic mass is 10.1. The third kappa shape index (κ3) is 4.78. The second kappa shape index (κ2) is 9.21. The van der Waals surface area contributed by atoms with E-state index >= 15 is 0 Å². The van der Waals surface area contributed by atoms with Crippen molar-refractivity contribution in [2.24, 2.45) is 7.05 Å². The van der Waals surface area contributed by atoms with E-state index in [4.69, 9.17) is 0 Å². The molecule has 3 aromatic heterocycles. The van der Waals surface area contributed by atoms with E-state index in [0.29, 0.717) is 37.4 Å². The van der Waals surface area contributed by atoms with Crippen molar-refractivity contribution in [2.45, 2.75) is 26.4 Å². The molecule has 0 saturated carbocycles. The molecule has 0 aromatic carbocycles. The normalized spacial score (nSPS) is 17.9. The van der Waals surface area contributed by atoms with Gasteiger partial charge in [-0.15, -0.1) is 11.3 Å². The number of carbonyl (C=O) groups is 1. The second-order valence-electron chi connectivity index (χ2n) is 8.84. The molecule has 0 spiro atoms. The summed E-state index contributed by atoms with van der Waals surface area (Å²) in [6.45, 7) is 5.72. The van der Waals surface area contributed by atoms with Crippen LogP contribution in [0.25, 0.3) is 21.2 Å². The average Bonchev–Trinajstić information content (AvgIpc) is 3.20. The minimum absolute atomic E-state index is 0.0636. The maximum atomic E-state index is 12.9. The molecule has 0 N–H and O–H groups in total. The molecule has 34 heavy (non-hydrogen) atoms. The van der Waals surface area contributed by atoms with Gasteiger partial charge in [0.25, 0.3) is 5.56 Å². The van der Waals surface area contributed by atoms with Gasteiger partial charge in [0.2, 0.25) is 15.9 Å². The number of fused-ring (bicyclic) bond motifs is 1. The SMILES string of the molecule is CC(=O)N(C)c1cc(-c2cn(C)c(=O)c3cc(CN4CCN(S(C)(=O)=O)C[C@H]4C)sc23)ccn1. The third-order valence-electron chi connectivity index (χ3n) is 6.33. The molecule has 0 aliphatic carbocycles. The minimum atomic E-state index is -3.20. The molecular formula is C23H29N5O4S2. The smallest absolute Gasteiger partial charge is 0.259 e. The number of aromatic nitrogens is 2. The summed E-state index contributed by atoms with van der Waals surface area (Å²) in [6, 6.07) is 5.75. The first-order valence-corrected chi connectivity index (χ1v) is 13.6. The lowest BCUT2D eigenvalue weighted by Crippen LogP contribution is -2.52. The van der Waals surface area contributed by atoms with Crippen LogP contribution < -0.4 is 10.5 Å². The quantitative estimate of drug-likeness (QED) is 0.529. The molecule has 1 atom stereocenters. The Morgan fingerprint density at radius 1 is 1.29 bits per heavy atom. The van der Waals surface area contributed by atoms with Gasteiger partial charge in [-0.05, 0) is 30.7 Å². The molecule has 3 aromatic rings. The minimum Gasteiger partial charge on any atom is -0.317 e. The highest BCUT2D eigenvalue weighted by molar-refractivity contribution is 7.88. The first-order chi connectivity index (χ1) is 16.0. The van der Waals surface area contributed by atoms with Crippen molar-refractivity contribution in [3.8, 4) is 11.1 Å². The number of thiophene rings is 1. The largest absolute Gasteiger partial charge is 0.317 e. The Kier molecular flexibility index (Phi) is 6.65. The molecule has 1 saturated heterocycles. The summed E-state index contributed by atoms with van der Waals surface area (Å²) in [5.74, 6) is 0.431. The molecule has 9 nitrogen and oxygen atoms in total. The monoisotopic (exact) mass is 503 g/mol. The van der Waals surface area contributed by atoms with Crippen LogP contribution in [0.1, 0.15) is 18.7 Å². The number of hydrogen-bond donors (Lipinski definition) is 0. The zero-order chi connectivity index (χ0) is 24.8. The van der Waals surface area contributed by atoms with Crippen LogP contribution >= 0.6 is 11.3 Å². The predicted octanol–water partition coefficient (Wildman–Crippen LogP) is 2.11. The summed E-state index contributed by atoms with van der Waals surface area (Å²) >= 11 is 1.58. The Labute approximate surface area is 203 Å². The number of hydrogen-bond acceptors (Lipinski definition) is 7. The summed E-state index contributed by atoms with van der Waals surface area (Å²) in [6.07, 6.45) is 4.74. The van der Waals surface area contributed by atoms with Gasteiger partial charge < -0.3 is 9.47 Å². The van der Waals surface area contributed by atoms with E-state index in [1.807, 2.05) is 31.3 Å². The molecule has 182 valence electrons. The highest BCUT2D eigenvalue weighted by atomic mass is 32.2. The van der Waals surface area contributed by atoms with Gasteiger partial charge in [0.05, 0.1) is 11.6 Å². The first kappa shape index (κ1) is 24.5. The van der Waals surface area contributed by atoms with Crippen LogP contribution in [0.3, 0.4) is 0 Å². The van der Waals surface area contributed by atoms with Crippen LogP contribution in [0, 0.1) is 0 Å². The number of nitrogens with zero attached hydrogens (tertiary/aromatic N) is 5. The van der Waals surface area contributed by atoms with E-state index in [1.165, 1.54) is 22.4 Å². The summed E-state index contributed by atoms with van der Waals surface area (Å²) in [7, 11) is 0.212. The zero-order valence-corrected chi connectivity index (χ0v) is 21.6. The van der Waals surface area contributed by atoms with Crippen molar-refractivity contribution >= 4 is 43.2 Å². The van der Waals surface area contributed by atoms with Gasteiger partial charge in [-0.25, -0.2) is 13.4 Å². The summed E-state index contributed by atoms with van der Waals surface area (Å²) in [5, 5.41) is 0.653. The van der Waals surface area contributed by atoms with Gasteiger partial charge in [-0.2, -0.15) is 4.31 Å². The number of carbonyl (C=O) groups excluding carboxylic acids is 1. The third-order valence-corrected chi connectivity index (χ3v) is 8.75. The van der Waals surface area contributed by atoms with Gasteiger partial charge in [0.15, 0.2) is 0 Å². The summed E-state index contributed by atoms with van der Waals surface area (Å²) < 4.78 is 27.8. The standard InChI is InChI=1S/C23H29N5O4S2/c1-15-12-28(34(5,31)32)9-8-27(15)13-18-11-19-22(33-18)20(14-25(3)23(19)30)17-6-7-24-21(10-17)26(4)16(2)29/h6-7,10-11,14-15H,8-9,12-13H2,1-5H3/t15-/m1/s1. The average molecular weight is 504 g/mol. The highest BCUT2D eigenvalue weighted by Gasteiger charge is 2.29. The zero-order valence-electron chi connectivity index (χ0n) is 20.0. The van der Waals surface area contributed by atoms with Crippen molar-refractivity contribution in [1.82, 2.24) is 18.8 Å². The fraction of sp³-hybridized carbons (Fsp3) is 0.435. The van der Waals surface area contributed by atoms with E-state index in [0.717, 1.165) is 20.7 Å². The Bertz CT molecular complexity index is 1410. The van der Waals surface area contributed by atoms with Crippen LogP contribution in [-0.4, -0.2) is 72.1 Å². The molecule has 1 amide bonds. The van der Waals surface area contributed by atoms with Crippen molar-refractivity contribution < 1.29 is 13.2 Å². The fourth-order valence-corrected chi connectivity index (χ4v) is 6.32. The number of rotatable bonds is 5. The van der Waals surface area contributed by atoms with Gasteiger partial charge >= 0.3 is 0 Å². The van der Waals surface area contributed by atoms with Gasteiger partial charge in [0, 0.05) is 80.8 Å². The van der Waals surface area contributed by atoms with Crippen LogP contribution in [0.15, 0.2) is 35.4 Å². The van der Waals surface area contributed by atoms with Gasteiger partial charge in [-0.3, -0.25) is 14.5 Å². The number of amides is 1. The number of pyridine rings is 2. The topological polar surface area (TPSA) is 95.8 Å². The molecule has 4 rings (SSSR count). The van der Waals surface area contributed by atoms with Crippen molar-refractivity contribution in [3.63, 3.8) is 0 Å². The Morgan fingerprint density at radius 3 is 2.68 bits per heavy atom. The fourth-order valence-electron chi connectivity index (χ4n) is 4.21. The molecule has 0 unspecified atom stereocenters. The van der Waals surface area contributed by atoms with E-state index in [1.54, 1.807) is 36.2 Å². The number of anilines is 1. The molecular weight excluding hydrogens is 474 g/mol. The molecule has 4 heterocycles. The Balaban J connectivity index is 1.69. The number of piperazine rings is 1. The first-order valence-electron chi connectivity index (χ1n) is 11.0. The maximum absolute atomic E-state index is 12.9. The van der Waals surface area contributed by atoms with E-state index in [9.17, 15) is 18.0 Å². The Hall–Kier alpha value is -2.60. The second-order valence-corrected chi connectivity index (χ2v) is 12.0. The van der Waals surface area contributed by atoms with Crippen molar-refractivity contribution in [2.75, 3.05) is 37.8 Å². The molecule has 1 aliphatic heterocycles. The summed E-state index contributed by atoms with van der Waals surface area (Å²) in [5.41, 5.74) is 1.72. The Morgan fingerprint density at radius 2 is 2.03 bits per heavy atom. The lowest BCUT2D eigenvalue weighted by Gasteiger charge is -2.38. The summed E-state index contributed by atoms with van der Waals surface area (Å²) in [4.78, 5) is 33.8.